The van der Waals surface area contributed by atoms with Crippen molar-refractivity contribution in [1.82, 2.24) is 0 Å². The highest BCUT2D eigenvalue weighted by atomic mass is 32.2. The summed E-state index contributed by atoms with van der Waals surface area (Å²) >= 11 is 3.39. The van der Waals surface area contributed by atoms with Crippen molar-refractivity contribution >= 4 is 23.1 Å². The van der Waals surface area contributed by atoms with Gasteiger partial charge in [0.05, 0.1) is 16.9 Å². The van der Waals surface area contributed by atoms with Gasteiger partial charge in [-0.3, -0.25) is 4.79 Å². The van der Waals surface area contributed by atoms with E-state index in [2.05, 4.69) is 12.1 Å². The maximum absolute atomic E-state index is 13.2. The summed E-state index contributed by atoms with van der Waals surface area (Å²) in [5, 5.41) is 0. The normalized spacial score (nSPS) is 10.7. The van der Waals surface area contributed by atoms with Crippen molar-refractivity contribution in [2.45, 2.75) is 9.96 Å². The second-order valence-corrected chi connectivity index (χ2v) is 8.80. The zero-order valence-electron chi connectivity index (χ0n) is 16.0. The van der Waals surface area contributed by atoms with Crippen LogP contribution in [0.2, 0.25) is 0 Å². The molecule has 0 radical (unpaired) electrons. The Kier molecular flexibility index (Phi) is 6.13. The highest BCUT2D eigenvalue weighted by Crippen LogP contribution is 2.39. The van der Waals surface area contributed by atoms with Crippen LogP contribution in [0, 0.1) is 0 Å². The second-order valence-electron chi connectivity index (χ2n) is 6.51. The van der Waals surface area contributed by atoms with Crippen molar-refractivity contribution < 1.29 is 4.74 Å². The Bertz CT molecular complexity index is 1140. The number of hydrogen-bond donors (Lipinski definition) is 0. The molecule has 0 atom stereocenters. The van der Waals surface area contributed by atoms with Gasteiger partial charge in [0, 0.05) is 16.7 Å². The van der Waals surface area contributed by atoms with Gasteiger partial charge in [-0.1, -0.05) is 72.8 Å². The van der Waals surface area contributed by atoms with Crippen LogP contribution in [-0.4, -0.2) is 7.11 Å². The van der Waals surface area contributed by atoms with E-state index >= 15 is 0 Å². The van der Waals surface area contributed by atoms with Crippen LogP contribution in [0.1, 0.15) is 5.56 Å². The van der Waals surface area contributed by atoms with Crippen molar-refractivity contribution in [3.63, 3.8) is 0 Å². The second kappa shape index (κ2) is 9.12. The van der Waals surface area contributed by atoms with Crippen LogP contribution >= 0.6 is 23.1 Å². The molecule has 1 heterocycles. The summed E-state index contributed by atoms with van der Waals surface area (Å²) in [5.41, 5.74) is 4.03. The van der Waals surface area contributed by atoms with Gasteiger partial charge >= 0.3 is 0 Å². The fraction of sp³-hybridized carbons (Fsp3) is 0.0800. The maximum atomic E-state index is 13.2. The highest BCUT2D eigenvalue weighted by Gasteiger charge is 2.15. The van der Waals surface area contributed by atoms with Gasteiger partial charge in [-0.05, 0) is 28.8 Å². The molecule has 4 aromatic rings. The van der Waals surface area contributed by atoms with Gasteiger partial charge in [-0.15, -0.1) is 23.1 Å². The molecule has 0 bridgehead atoms. The smallest absolute Gasteiger partial charge is 0.189 e. The quantitative estimate of drug-likeness (QED) is 0.325. The molecule has 29 heavy (non-hydrogen) atoms. The van der Waals surface area contributed by atoms with Crippen molar-refractivity contribution in [1.29, 1.82) is 0 Å². The third-order valence-corrected chi connectivity index (χ3v) is 7.08. The molecule has 0 aliphatic heterocycles. The number of thioether (sulfide) groups is 1. The minimum absolute atomic E-state index is 0.0448. The SMILES string of the molecule is COc1ccc(-c2c(SCc3ccccc3)sc(-c3ccccc3)cc2=O)cc1. The zero-order chi connectivity index (χ0) is 20.1. The summed E-state index contributed by atoms with van der Waals surface area (Å²) in [6, 6.07) is 29.9. The zero-order valence-corrected chi connectivity index (χ0v) is 17.6. The van der Waals surface area contributed by atoms with E-state index in [0.717, 1.165) is 37.3 Å². The molecule has 0 unspecified atom stereocenters. The van der Waals surface area contributed by atoms with E-state index in [0.29, 0.717) is 0 Å². The van der Waals surface area contributed by atoms with Crippen molar-refractivity contribution in [3.05, 3.63) is 107 Å². The van der Waals surface area contributed by atoms with Crippen LogP contribution in [0.25, 0.3) is 21.6 Å². The lowest BCUT2D eigenvalue weighted by Crippen LogP contribution is -2.04. The van der Waals surface area contributed by atoms with Gasteiger partial charge in [-0.25, -0.2) is 0 Å². The van der Waals surface area contributed by atoms with Gasteiger partial charge < -0.3 is 4.74 Å². The lowest BCUT2D eigenvalue weighted by atomic mass is 10.1. The first-order valence-electron chi connectivity index (χ1n) is 9.29. The van der Waals surface area contributed by atoms with Crippen molar-refractivity contribution in [2.24, 2.45) is 0 Å². The largest absolute Gasteiger partial charge is 0.497 e. The van der Waals surface area contributed by atoms with E-state index in [1.54, 1.807) is 36.3 Å². The molecular weight excluding hydrogens is 396 g/mol. The molecule has 0 saturated heterocycles. The van der Waals surface area contributed by atoms with Gasteiger partial charge in [0.15, 0.2) is 5.43 Å². The van der Waals surface area contributed by atoms with Gasteiger partial charge in [0.1, 0.15) is 5.75 Å². The van der Waals surface area contributed by atoms with Crippen molar-refractivity contribution in [2.75, 3.05) is 7.11 Å². The van der Waals surface area contributed by atoms with E-state index in [1.165, 1.54) is 5.56 Å². The molecule has 0 saturated carbocycles. The van der Waals surface area contributed by atoms with Crippen LogP contribution < -0.4 is 10.2 Å². The summed E-state index contributed by atoms with van der Waals surface area (Å²) < 4.78 is 6.30. The molecule has 4 heteroatoms. The van der Waals surface area contributed by atoms with E-state index in [-0.39, 0.29) is 5.43 Å². The monoisotopic (exact) mass is 416 g/mol. The first-order valence-corrected chi connectivity index (χ1v) is 11.1. The Morgan fingerprint density at radius 2 is 1.48 bits per heavy atom. The fourth-order valence-electron chi connectivity index (χ4n) is 3.06. The predicted octanol–water partition coefficient (Wildman–Crippen LogP) is 6.74. The van der Waals surface area contributed by atoms with Crippen LogP contribution in [0.15, 0.2) is 100.0 Å². The summed E-state index contributed by atoms with van der Waals surface area (Å²) in [6.45, 7) is 0. The summed E-state index contributed by atoms with van der Waals surface area (Å²) in [7, 11) is 1.64. The van der Waals surface area contributed by atoms with Gasteiger partial charge in [0.25, 0.3) is 0 Å². The summed E-state index contributed by atoms with van der Waals surface area (Å²) in [5.74, 6) is 1.60. The van der Waals surface area contributed by atoms with E-state index in [4.69, 9.17) is 4.74 Å². The molecule has 0 aliphatic rings. The third kappa shape index (κ3) is 4.61. The number of benzene rings is 3. The molecule has 1 aromatic heterocycles. The molecule has 3 aromatic carbocycles. The lowest BCUT2D eigenvalue weighted by Gasteiger charge is -2.11. The first kappa shape index (κ1) is 19.5. The molecule has 2 nitrogen and oxygen atoms in total. The Morgan fingerprint density at radius 3 is 2.14 bits per heavy atom. The topological polar surface area (TPSA) is 26.3 Å². The molecule has 4 rings (SSSR count). The van der Waals surface area contributed by atoms with Crippen LogP contribution in [-0.2, 0) is 5.75 Å². The minimum atomic E-state index is 0.0448. The average Bonchev–Trinajstić information content (AvgIpc) is 2.79. The maximum Gasteiger partial charge on any atom is 0.189 e. The Labute approximate surface area is 178 Å². The number of ether oxygens (including phenoxy) is 1. The fourth-order valence-corrected chi connectivity index (χ4v) is 5.53. The Balaban J connectivity index is 1.78. The molecule has 144 valence electrons. The van der Waals surface area contributed by atoms with E-state index in [9.17, 15) is 4.79 Å². The van der Waals surface area contributed by atoms with Gasteiger partial charge in [0.2, 0.25) is 0 Å². The van der Waals surface area contributed by atoms with Crippen molar-refractivity contribution in [3.8, 4) is 27.3 Å². The predicted molar refractivity (Wildman–Crippen MR) is 124 cm³/mol. The standard InChI is InChI=1S/C25H20O2S2/c1-27-21-14-12-20(13-15-21)24-22(26)16-23(19-10-6-3-7-11-19)29-25(24)28-17-18-8-4-2-5-9-18/h2-16H,17H2,1H3. The third-order valence-electron chi connectivity index (χ3n) is 4.57. The van der Waals surface area contributed by atoms with Gasteiger partial charge in [-0.2, -0.15) is 0 Å². The molecule has 0 fully saturated rings. The Morgan fingerprint density at radius 1 is 0.828 bits per heavy atom. The van der Waals surface area contributed by atoms with E-state index < -0.39 is 0 Å². The van der Waals surface area contributed by atoms with E-state index in [1.807, 2.05) is 72.8 Å². The highest BCUT2D eigenvalue weighted by molar-refractivity contribution is 8.00. The summed E-state index contributed by atoms with van der Waals surface area (Å²) in [6.07, 6.45) is 0. The summed E-state index contributed by atoms with van der Waals surface area (Å²) in [4.78, 5) is 14.2. The lowest BCUT2D eigenvalue weighted by molar-refractivity contribution is 0.415. The molecule has 0 spiro atoms. The van der Waals surface area contributed by atoms with Crippen LogP contribution in [0.3, 0.4) is 0 Å². The molecule has 0 N–H and O–H groups in total. The molecular formula is C25H20O2S2. The number of rotatable bonds is 6. The first-order chi connectivity index (χ1) is 14.2. The average molecular weight is 417 g/mol. The Hall–Kier alpha value is -2.82. The minimum Gasteiger partial charge on any atom is -0.497 e. The molecule has 0 amide bonds. The molecule has 0 aliphatic carbocycles. The van der Waals surface area contributed by atoms with Crippen LogP contribution in [0.5, 0.6) is 5.75 Å². The van der Waals surface area contributed by atoms with Crippen LogP contribution in [0.4, 0.5) is 0 Å². The number of methoxy groups -OCH3 is 1. The number of hydrogen-bond acceptors (Lipinski definition) is 4.